The minimum absolute atomic E-state index is 0.0116. The molecule has 0 unspecified atom stereocenters. The molecule has 19 rings (SSSR count). The number of fused-ring (bicyclic) bond motifs is 16. The van der Waals surface area contributed by atoms with Crippen molar-refractivity contribution in [2.45, 2.75) is 72.1 Å². The highest BCUT2D eigenvalue weighted by Gasteiger charge is 2.47. The number of anilines is 6. The van der Waals surface area contributed by atoms with Gasteiger partial charge < -0.3 is 27.8 Å². The van der Waals surface area contributed by atoms with E-state index < -0.39 is 438 Å². The zero-order chi connectivity index (χ0) is 101. The Kier molecular flexibility index (Phi) is 6.09. The van der Waals surface area contributed by atoms with Crippen molar-refractivity contribution in [2.24, 2.45) is 0 Å². The van der Waals surface area contributed by atoms with Crippen LogP contribution in [-0.2, 0) is 10.8 Å². The van der Waals surface area contributed by atoms with Gasteiger partial charge in [-0.15, -0.1) is 0 Å². The molecule has 0 saturated heterocycles. The van der Waals surface area contributed by atoms with Crippen LogP contribution in [0.15, 0.2) is 275 Å². The summed E-state index contributed by atoms with van der Waals surface area (Å²) in [7, 11) is 0. The van der Waals surface area contributed by atoms with Crippen LogP contribution in [0.1, 0.15) is 136 Å². The lowest BCUT2D eigenvalue weighted by molar-refractivity contribution is 0.595. The number of aromatic nitrogens is 2. The number of benzene rings is 13. The molecule has 7 heteroatoms. The molecule has 0 bridgehead atoms. The Morgan fingerprint density at radius 3 is 1.08 bits per heavy atom. The smallest absolute Gasteiger partial charge is 0.252 e. The lowest BCUT2D eigenvalue weighted by Crippen LogP contribution is -2.61. The molecular weight excluding hydrogens is 1170 g/mol. The summed E-state index contributed by atoms with van der Waals surface area (Å²) in [5, 5.41) is -4.32. The molecule has 0 aliphatic carbocycles. The van der Waals surface area contributed by atoms with Crippen LogP contribution in [0.5, 0.6) is 0 Å². The van der Waals surface area contributed by atoms with E-state index in [4.69, 9.17) is 17.1 Å². The second-order valence-electron chi connectivity index (χ2n) is 25.7. The summed E-state index contributed by atoms with van der Waals surface area (Å²) in [5.74, 6) is -1.01. The predicted octanol–water partition coefficient (Wildman–Crippen LogP) is 22.8. The highest BCUT2D eigenvalue weighted by Crippen LogP contribution is 2.57. The van der Waals surface area contributed by atoms with Gasteiger partial charge in [0.25, 0.3) is 6.71 Å². The summed E-state index contributed by atoms with van der Waals surface area (Å²) < 4.78 is 431. The van der Waals surface area contributed by atoms with Gasteiger partial charge in [0.1, 0.15) is 11.2 Å². The minimum Gasteiger partial charge on any atom is -0.454 e. The molecule has 0 spiro atoms. The molecule has 13 aromatic carbocycles. The first-order chi connectivity index (χ1) is 64.2. The first-order valence-corrected chi connectivity index (χ1v) is 30.5. The van der Waals surface area contributed by atoms with E-state index in [0.29, 0.717) is 0 Å². The van der Waals surface area contributed by atoms with Crippen LogP contribution in [0.2, 0.25) is 0 Å². The number of para-hydroxylation sites is 6. The Morgan fingerprint density at radius 1 is 0.375 bits per heavy atom. The topological polar surface area (TPSA) is 42.6 Å². The van der Waals surface area contributed by atoms with E-state index in [9.17, 15) is 49.3 Å². The Labute approximate surface area is 617 Å². The van der Waals surface area contributed by atoms with Crippen molar-refractivity contribution < 1.29 is 66.4 Å². The van der Waals surface area contributed by atoms with E-state index >= 15 is 0 Å². The summed E-state index contributed by atoms with van der Waals surface area (Å²) in [5.41, 5.74) is -21.6. The maximum Gasteiger partial charge on any atom is 0.252 e. The third kappa shape index (κ3) is 8.13. The molecule has 0 radical (unpaired) electrons. The second kappa shape index (κ2) is 20.6. The van der Waals surface area contributed by atoms with Gasteiger partial charge in [-0.2, -0.15) is 0 Å². The molecular formula is C89H69BN4O2. The number of hydrogen-bond acceptors (Lipinski definition) is 4. The summed E-state index contributed by atoms with van der Waals surface area (Å²) >= 11 is 0. The molecule has 4 aromatic heterocycles. The van der Waals surface area contributed by atoms with Crippen LogP contribution < -0.4 is 26.2 Å². The molecule has 460 valence electrons. The highest BCUT2D eigenvalue weighted by molar-refractivity contribution is 7.00. The second-order valence-corrected chi connectivity index (χ2v) is 25.7. The lowest BCUT2D eigenvalue weighted by atomic mass is 9.33. The summed E-state index contributed by atoms with van der Waals surface area (Å²) in [6.07, 6.45) is 0. The maximum absolute atomic E-state index is 11.7. The highest BCUT2D eigenvalue weighted by atomic mass is 16.3. The normalized spacial score (nSPS) is 19.4. The first kappa shape index (κ1) is 28.4. The van der Waals surface area contributed by atoms with Gasteiger partial charge in [-0.1, -0.05) is 237 Å². The molecule has 0 atom stereocenters. The van der Waals surface area contributed by atoms with Crippen LogP contribution in [0.3, 0.4) is 0 Å². The van der Waals surface area contributed by atoms with Crippen LogP contribution in [-0.4, -0.2) is 15.8 Å². The average molecular weight is 1280 g/mol. The largest absolute Gasteiger partial charge is 0.454 e. The van der Waals surface area contributed by atoms with Crippen LogP contribution in [0, 0.1) is 0 Å². The zero-order valence-corrected chi connectivity index (χ0v) is 51.9. The van der Waals surface area contributed by atoms with Gasteiger partial charge in [-0.25, -0.2) is 0 Å². The summed E-state index contributed by atoms with van der Waals surface area (Å²) in [6.45, 7) is 10.2. The molecule has 0 saturated carbocycles. The van der Waals surface area contributed by atoms with Crippen molar-refractivity contribution in [1.29, 1.82) is 0 Å². The van der Waals surface area contributed by atoms with Crippen molar-refractivity contribution in [3.63, 3.8) is 0 Å². The number of rotatable bonds is 7. The third-order valence-corrected chi connectivity index (χ3v) is 17.8. The van der Waals surface area contributed by atoms with E-state index in [0.717, 1.165) is 18.9 Å². The van der Waals surface area contributed by atoms with Gasteiger partial charge in [0.15, 0.2) is 11.2 Å². The van der Waals surface area contributed by atoms with Gasteiger partial charge in [0, 0.05) is 88.3 Å². The van der Waals surface area contributed by atoms with Crippen LogP contribution in [0.4, 0.5) is 34.1 Å². The van der Waals surface area contributed by atoms with Gasteiger partial charge in [0.2, 0.25) is 0 Å². The van der Waals surface area contributed by atoms with Crippen molar-refractivity contribution in [3.05, 3.63) is 283 Å². The van der Waals surface area contributed by atoms with Crippen molar-refractivity contribution in [3.8, 4) is 33.6 Å². The third-order valence-electron chi connectivity index (χ3n) is 17.8. The fourth-order valence-corrected chi connectivity index (χ4v) is 13.7. The van der Waals surface area contributed by atoms with E-state index in [1.807, 2.05) is 0 Å². The average Bonchev–Trinajstić information content (AvgIpc) is 1.21. The van der Waals surface area contributed by atoms with E-state index in [1.54, 1.807) is 55.4 Å². The molecule has 6 heterocycles. The maximum atomic E-state index is 11.7. The van der Waals surface area contributed by atoms with E-state index in [-0.39, 0.29) is 27.5 Å². The number of hydrogen-bond donors (Lipinski definition) is 0. The fraction of sp³-hybridized carbons (Fsp3) is 0.124. The Morgan fingerprint density at radius 2 is 0.719 bits per heavy atom. The van der Waals surface area contributed by atoms with Crippen molar-refractivity contribution in [2.75, 3.05) is 9.80 Å². The SMILES string of the molecule is [2H]c1c([2H])c([2H])c(-c2c([2H])c(C(C)(C)C)c3c(oc4c([2H])c([2H])c([2H])c([2H])c43)c2N2c3cc(C(C)C)cc4c3B(c3c([2H])c([2H])c(-n5c6c([2H])c([2H])c([2H])c([2H])c6c6c([2H])c([2H])c([2H])c([2H])c65)c([2H])c32)c2c([2H])c([2H])c(-n3c5c([2H])c([2H])c([2H])c([2H])c5c5c([2H])c([2H])c([2H])c([2H])c53)c([2H])c2N4c2c(-c3c([2H])c([2H])c([2H])c([2H])c3[2H])c([2H])c(C(C)(C)C)c3c2oc2c([2H])c([2H])c([2H])c([2H])c23)c([2H])c1[2H]. The Hall–Kier alpha value is -11.3. The van der Waals surface area contributed by atoms with Gasteiger partial charge in [-0.05, 0) is 146 Å². The molecule has 2 aliphatic heterocycles. The van der Waals surface area contributed by atoms with Crippen molar-refractivity contribution in [1.82, 2.24) is 9.13 Å². The van der Waals surface area contributed by atoms with Gasteiger partial charge in [0.05, 0.1) is 91.0 Å². The first-order valence-electron chi connectivity index (χ1n) is 51.5. The fourth-order valence-electron chi connectivity index (χ4n) is 13.7. The Bertz CT molecular complexity index is 8050. The van der Waals surface area contributed by atoms with E-state index in [2.05, 4.69) is 0 Å². The number of nitrogens with zero attached hydrogens (tertiary/aromatic N) is 4. The van der Waals surface area contributed by atoms with Crippen molar-refractivity contribution >= 4 is 145 Å². The quantitative estimate of drug-likeness (QED) is 0.149. The molecule has 96 heavy (non-hydrogen) atoms. The standard InChI is InChI=1S/C89H69BN4O2/c1-53(2)56-47-77-83-78(48-56)94(85-66(55-29-13-10-14-30-55)52-68(89(6,7)8)82-64-36-20-26-42-80(64)96-87(82)85)76-50-58(92-73-39-23-17-33-61(73)62-34-18-24-40-74(62)92)44-46-70(76)90(83)69-45-43-57(91-71-37-21-15-31-59(71)60-32-16-22-38-72(60)91)49-75(69)93(77)84-65(54-27-11-9-12-28-54)51-67(88(3,4)5)81-63-35-19-25-41-79(63)95-86(81)84/h9-53H,1-8H3/i9D,10D,11D,12D,13D,14D,15D,16D,17D,18D,19D,20D,21D,22D,23D,24D,25D,26D,27D,28D,29D,30D,31D,32D,33D,34D,35D,36D,37D,38D,39D,40D,41D,42D,43D,44D,45D,46D,49D,50D,51D,52D. The molecule has 0 fully saturated rings. The molecule has 17 aromatic rings. The molecule has 2 aliphatic rings. The molecule has 0 N–H and O–H groups in total. The molecule has 0 amide bonds. The van der Waals surface area contributed by atoms with Gasteiger partial charge >= 0.3 is 0 Å². The number of furan rings is 2. The summed E-state index contributed by atoms with van der Waals surface area (Å²) in [6, 6.07) is -39.7. The van der Waals surface area contributed by atoms with Gasteiger partial charge in [-0.3, -0.25) is 0 Å². The lowest BCUT2D eigenvalue weighted by Gasteiger charge is -2.45. The van der Waals surface area contributed by atoms with E-state index in [1.165, 1.54) is 12.1 Å². The zero-order valence-electron chi connectivity index (χ0n) is 93.9. The predicted molar refractivity (Wildman–Crippen MR) is 406 cm³/mol. The van der Waals surface area contributed by atoms with Crippen LogP contribution in [0.25, 0.3) is 121 Å². The Balaban J connectivity index is 1.17. The monoisotopic (exact) mass is 1280 g/mol. The molecule has 6 nitrogen and oxygen atoms in total. The minimum atomic E-state index is -2.36. The van der Waals surface area contributed by atoms with Crippen LogP contribution >= 0.6 is 0 Å². The summed E-state index contributed by atoms with van der Waals surface area (Å²) in [4.78, 5) is 2.03.